The molecule has 1 aromatic carbocycles. The number of nitrogens with zero attached hydrogens (tertiary/aromatic N) is 1. The molecule has 5 nitrogen and oxygen atoms in total. The summed E-state index contributed by atoms with van der Waals surface area (Å²) < 4.78 is 5.27. The highest BCUT2D eigenvalue weighted by Crippen LogP contribution is 2.37. The zero-order valence-corrected chi connectivity index (χ0v) is 17.4. The van der Waals surface area contributed by atoms with Gasteiger partial charge in [-0.15, -0.1) is 0 Å². The topological polar surface area (TPSA) is 61.8 Å². The molecule has 2 fully saturated rings. The summed E-state index contributed by atoms with van der Waals surface area (Å²) in [7, 11) is 0. The van der Waals surface area contributed by atoms with E-state index in [4.69, 9.17) is 4.74 Å². The number of likely N-dealkylation sites (tertiary alicyclic amines) is 1. The van der Waals surface area contributed by atoms with Crippen LogP contribution in [0.5, 0.6) is 0 Å². The normalized spacial score (nSPS) is 26.5. The van der Waals surface area contributed by atoms with E-state index in [-0.39, 0.29) is 23.8 Å². The highest BCUT2D eigenvalue weighted by molar-refractivity contribution is 5.72. The summed E-state index contributed by atoms with van der Waals surface area (Å²) in [5.74, 6) is 0.0706. The Kier molecular flexibility index (Phi) is 7.49. The molecular formula is C23H36N2O3. The van der Waals surface area contributed by atoms with Gasteiger partial charge in [0.15, 0.2) is 0 Å². The number of hydrogen-bond donors (Lipinski definition) is 2. The summed E-state index contributed by atoms with van der Waals surface area (Å²) in [6.07, 6.45) is 4.40. The van der Waals surface area contributed by atoms with E-state index in [0.717, 1.165) is 58.3 Å². The third-order valence-corrected chi connectivity index (χ3v) is 6.74. The summed E-state index contributed by atoms with van der Waals surface area (Å²) in [4.78, 5) is 14.8. The van der Waals surface area contributed by atoms with E-state index < -0.39 is 5.60 Å². The quantitative estimate of drug-likeness (QED) is 0.703. The van der Waals surface area contributed by atoms with Crippen LogP contribution in [0.4, 0.5) is 0 Å². The number of carbonyl (C=O) groups is 1. The number of ether oxygens (including phenoxy) is 1. The van der Waals surface area contributed by atoms with Gasteiger partial charge in [0.05, 0.1) is 18.1 Å². The number of carbonyl (C=O) groups excluding carboxylic acids is 1. The Bertz CT molecular complexity index is 616. The molecule has 3 rings (SSSR count). The molecule has 5 heteroatoms. The van der Waals surface area contributed by atoms with Gasteiger partial charge in [0.1, 0.15) is 0 Å². The van der Waals surface area contributed by atoms with Gasteiger partial charge in [0, 0.05) is 12.6 Å². The highest BCUT2D eigenvalue weighted by atomic mass is 16.5. The first-order valence-electron chi connectivity index (χ1n) is 10.9. The number of aliphatic hydroxyl groups is 1. The third kappa shape index (κ3) is 5.13. The zero-order valence-electron chi connectivity index (χ0n) is 17.4. The van der Waals surface area contributed by atoms with Crippen LogP contribution in [0.1, 0.15) is 45.1 Å². The van der Waals surface area contributed by atoms with Gasteiger partial charge in [-0.25, -0.2) is 0 Å². The van der Waals surface area contributed by atoms with Gasteiger partial charge in [-0.2, -0.15) is 0 Å². The van der Waals surface area contributed by atoms with Crippen molar-refractivity contribution in [2.24, 2.45) is 11.8 Å². The lowest BCUT2D eigenvalue weighted by molar-refractivity contribution is -0.152. The second kappa shape index (κ2) is 9.86. The fourth-order valence-corrected chi connectivity index (χ4v) is 4.90. The van der Waals surface area contributed by atoms with Crippen molar-refractivity contribution in [1.82, 2.24) is 10.2 Å². The maximum atomic E-state index is 12.3. The predicted octanol–water partition coefficient (Wildman–Crippen LogP) is 2.62. The van der Waals surface area contributed by atoms with E-state index in [9.17, 15) is 9.90 Å². The second-order valence-corrected chi connectivity index (χ2v) is 8.47. The van der Waals surface area contributed by atoms with Crippen molar-refractivity contribution in [3.63, 3.8) is 0 Å². The molecule has 2 aliphatic heterocycles. The SMILES string of the molecule is CCOC(=O)C(C)C1CCN(CCc2ccccc2)C(C2(O)CCNCC2)C1. The molecule has 2 heterocycles. The van der Waals surface area contributed by atoms with E-state index in [0.29, 0.717) is 6.61 Å². The third-order valence-electron chi connectivity index (χ3n) is 6.74. The Labute approximate surface area is 169 Å². The van der Waals surface area contributed by atoms with E-state index in [1.807, 2.05) is 19.9 Å². The zero-order chi connectivity index (χ0) is 20.0. The molecule has 28 heavy (non-hydrogen) atoms. The summed E-state index contributed by atoms with van der Waals surface area (Å²) in [6.45, 7) is 7.88. The Hall–Kier alpha value is -1.43. The van der Waals surface area contributed by atoms with Gasteiger partial charge >= 0.3 is 5.97 Å². The van der Waals surface area contributed by atoms with Gasteiger partial charge in [0.2, 0.25) is 0 Å². The van der Waals surface area contributed by atoms with Gasteiger partial charge in [-0.1, -0.05) is 37.3 Å². The summed E-state index contributed by atoms with van der Waals surface area (Å²) in [5, 5.41) is 14.9. The number of piperidine rings is 2. The first-order valence-corrected chi connectivity index (χ1v) is 10.9. The van der Waals surface area contributed by atoms with Gasteiger partial charge in [-0.05, 0) is 70.1 Å². The molecular weight excluding hydrogens is 352 g/mol. The molecule has 3 atom stereocenters. The lowest BCUT2D eigenvalue weighted by Gasteiger charge is -2.50. The van der Waals surface area contributed by atoms with Crippen LogP contribution in [0.2, 0.25) is 0 Å². The van der Waals surface area contributed by atoms with Crippen molar-refractivity contribution in [3.05, 3.63) is 35.9 Å². The minimum Gasteiger partial charge on any atom is -0.466 e. The Morgan fingerprint density at radius 3 is 2.71 bits per heavy atom. The lowest BCUT2D eigenvalue weighted by atomic mass is 9.73. The maximum Gasteiger partial charge on any atom is 0.308 e. The van der Waals surface area contributed by atoms with Crippen molar-refractivity contribution in [2.75, 3.05) is 32.8 Å². The van der Waals surface area contributed by atoms with E-state index in [2.05, 4.69) is 34.5 Å². The fraction of sp³-hybridized carbons (Fsp3) is 0.696. The smallest absolute Gasteiger partial charge is 0.308 e. The average molecular weight is 389 g/mol. The van der Waals surface area contributed by atoms with Crippen molar-refractivity contribution in [3.8, 4) is 0 Å². The number of hydrogen-bond acceptors (Lipinski definition) is 5. The minimum atomic E-state index is -0.672. The van der Waals surface area contributed by atoms with Gasteiger partial charge < -0.3 is 15.2 Å². The van der Waals surface area contributed by atoms with Crippen LogP contribution in [0, 0.1) is 11.8 Å². The molecule has 2 aliphatic rings. The van der Waals surface area contributed by atoms with Crippen molar-refractivity contribution < 1.29 is 14.6 Å². The van der Waals surface area contributed by atoms with Crippen LogP contribution in [-0.4, -0.2) is 60.4 Å². The largest absolute Gasteiger partial charge is 0.466 e. The molecule has 156 valence electrons. The summed E-state index contributed by atoms with van der Waals surface area (Å²) in [6, 6.07) is 10.7. The van der Waals surface area contributed by atoms with E-state index in [1.54, 1.807) is 0 Å². The van der Waals surface area contributed by atoms with Crippen LogP contribution in [0.3, 0.4) is 0 Å². The van der Waals surface area contributed by atoms with E-state index in [1.165, 1.54) is 5.56 Å². The number of esters is 1. The number of nitrogens with one attached hydrogen (secondary N) is 1. The predicted molar refractivity (Wildman–Crippen MR) is 111 cm³/mol. The van der Waals surface area contributed by atoms with Crippen LogP contribution in [0.15, 0.2) is 30.3 Å². The van der Waals surface area contributed by atoms with Crippen molar-refractivity contribution in [1.29, 1.82) is 0 Å². The Morgan fingerprint density at radius 1 is 1.32 bits per heavy atom. The second-order valence-electron chi connectivity index (χ2n) is 8.47. The highest BCUT2D eigenvalue weighted by Gasteiger charge is 2.45. The summed E-state index contributed by atoms with van der Waals surface area (Å²) in [5.41, 5.74) is 0.662. The first kappa shape index (κ1) is 21.3. The van der Waals surface area contributed by atoms with Crippen LogP contribution >= 0.6 is 0 Å². The van der Waals surface area contributed by atoms with Crippen LogP contribution < -0.4 is 5.32 Å². The monoisotopic (exact) mass is 388 g/mol. The molecule has 3 unspecified atom stereocenters. The Morgan fingerprint density at radius 2 is 2.04 bits per heavy atom. The number of benzene rings is 1. The molecule has 0 saturated carbocycles. The first-order chi connectivity index (χ1) is 13.5. The van der Waals surface area contributed by atoms with Crippen molar-refractivity contribution >= 4 is 5.97 Å². The lowest BCUT2D eigenvalue weighted by Crippen LogP contribution is -2.60. The van der Waals surface area contributed by atoms with Gasteiger partial charge in [0.25, 0.3) is 0 Å². The molecule has 1 aromatic rings. The molecule has 2 saturated heterocycles. The summed E-state index contributed by atoms with van der Waals surface area (Å²) >= 11 is 0. The molecule has 2 N–H and O–H groups in total. The molecule has 0 amide bonds. The Balaban J connectivity index is 1.71. The molecule has 0 aliphatic carbocycles. The standard InChI is InChI=1S/C23H36N2O3/c1-3-28-22(26)18(2)20-10-16-25(15-9-19-7-5-4-6-8-19)21(17-20)23(27)11-13-24-14-12-23/h4-8,18,20-21,24,27H,3,9-17H2,1-2H3. The molecule has 0 bridgehead atoms. The van der Waals surface area contributed by atoms with Gasteiger partial charge in [-0.3, -0.25) is 9.69 Å². The molecule has 0 aromatic heterocycles. The fourth-order valence-electron chi connectivity index (χ4n) is 4.90. The number of rotatable bonds is 7. The molecule has 0 spiro atoms. The van der Waals surface area contributed by atoms with E-state index >= 15 is 0 Å². The van der Waals surface area contributed by atoms with Crippen LogP contribution in [0.25, 0.3) is 0 Å². The minimum absolute atomic E-state index is 0.0960. The molecule has 0 radical (unpaired) electrons. The van der Waals surface area contributed by atoms with Crippen molar-refractivity contribution in [2.45, 2.75) is 57.6 Å². The van der Waals surface area contributed by atoms with Crippen LogP contribution in [-0.2, 0) is 16.0 Å². The average Bonchev–Trinajstić information content (AvgIpc) is 2.73. The maximum absolute atomic E-state index is 12.3.